The average molecular weight is 343 g/mol. The maximum absolute atomic E-state index is 12.7. The number of fused-ring (bicyclic) bond motifs is 1. The van der Waals surface area contributed by atoms with Gasteiger partial charge in [-0.3, -0.25) is 4.79 Å². The van der Waals surface area contributed by atoms with Gasteiger partial charge in [0.2, 0.25) is 0 Å². The summed E-state index contributed by atoms with van der Waals surface area (Å²) in [7, 11) is 0. The number of piperazine rings is 1. The normalized spacial score (nSPS) is 15.2. The number of pyridine rings is 1. The highest BCUT2D eigenvalue weighted by molar-refractivity contribution is 7.21. The lowest BCUT2D eigenvalue weighted by Gasteiger charge is -2.34. The van der Waals surface area contributed by atoms with Crippen LogP contribution >= 0.6 is 11.3 Å². The first-order valence-corrected chi connectivity index (χ1v) is 8.64. The Morgan fingerprint density at radius 1 is 1.25 bits per heavy atom. The highest BCUT2D eigenvalue weighted by Crippen LogP contribution is 2.28. The molecule has 1 aliphatic heterocycles. The number of carbonyl (C=O) groups excluding carboxylic acids is 1. The zero-order valence-electron chi connectivity index (χ0n) is 13.5. The quantitative estimate of drug-likeness (QED) is 0.710. The number of aromatic nitrogens is 3. The SMILES string of the molecule is Cc1noc(C)c1C(=O)N1CCN(c2nc3cccnc3s2)CC1. The number of anilines is 1. The van der Waals surface area contributed by atoms with E-state index in [1.807, 2.05) is 17.0 Å². The minimum Gasteiger partial charge on any atom is -0.361 e. The molecule has 8 heteroatoms. The number of amides is 1. The fourth-order valence-corrected chi connectivity index (χ4v) is 3.90. The van der Waals surface area contributed by atoms with E-state index in [0.29, 0.717) is 30.1 Å². The average Bonchev–Trinajstić information content (AvgIpc) is 3.18. The van der Waals surface area contributed by atoms with Gasteiger partial charge in [0.25, 0.3) is 5.91 Å². The molecule has 124 valence electrons. The smallest absolute Gasteiger partial charge is 0.259 e. The van der Waals surface area contributed by atoms with Crippen LogP contribution in [0.1, 0.15) is 21.8 Å². The highest BCUT2D eigenvalue weighted by Gasteiger charge is 2.27. The van der Waals surface area contributed by atoms with Crippen LogP contribution in [0.15, 0.2) is 22.9 Å². The monoisotopic (exact) mass is 343 g/mol. The fourth-order valence-electron chi connectivity index (χ4n) is 2.94. The standard InChI is InChI=1S/C16H17N5O2S/c1-10-13(11(2)23-19-10)15(22)20-6-8-21(9-7-20)16-18-12-4-3-5-17-14(12)24-16/h3-5H,6-9H2,1-2H3. The van der Waals surface area contributed by atoms with Crippen molar-refractivity contribution in [3.63, 3.8) is 0 Å². The molecule has 0 bridgehead atoms. The van der Waals surface area contributed by atoms with E-state index in [-0.39, 0.29) is 5.91 Å². The van der Waals surface area contributed by atoms with Crippen molar-refractivity contribution < 1.29 is 9.32 Å². The molecule has 1 amide bonds. The Balaban J connectivity index is 1.47. The van der Waals surface area contributed by atoms with Crippen LogP contribution in [0.5, 0.6) is 0 Å². The minimum atomic E-state index is -0.00290. The Morgan fingerprint density at radius 2 is 2.04 bits per heavy atom. The van der Waals surface area contributed by atoms with Crippen LogP contribution in [0, 0.1) is 13.8 Å². The maximum atomic E-state index is 12.7. The summed E-state index contributed by atoms with van der Waals surface area (Å²) in [5.74, 6) is 0.578. The van der Waals surface area contributed by atoms with Gasteiger partial charge in [-0.1, -0.05) is 16.5 Å². The van der Waals surface area contributed by atoms with Crippen LogP contribution in [-0.2, 0) is 0 Å². The van der Waals surface area contributed by atoms with E-state index in [0.717, 1.165) is 28.6 Å². The third-order valence-corrected chi connectivity index (χ3v) is 5.28. The van der Waals surface area contributed by atoms with Crippen LogP contribution in [0.2, 0.25) is 0 Å². The minimum absolute atomic E-state index is 0.00290. The Bertz CT molecular complexity index is 842. The Labute approximate surface area is 142 Å². The van der Waals surface area contributed by atoms with Gasteiger partial charge in [-0.2, -0.15) is 0 Å². The molecule has 0 N–H and O–H groups in total. The largest absolute Gasteiger partial charge is 0.361 e. The molecule has 7 nitrogen and oxygen atoms in total. The number of nitrogens with zero attached hydrogens (tertiary/aromatic N) is 5. The van der Waals surface area contributed by atoms with Crippen molar-refractivity contribution >= 4 is 32.7 Å². The fraction of sp³-hybridized carbons (Fsp3) is 0.375. The molecule has 0 aromatic carbocycles. The molecule has 1 fully saturated rings. The molecule has 0 atom stereocenters. The molecular formula is C16H17N5O2S. The summed E-state index contributed by atoms with van der Waals surface area (Å²) in [6, 6.07) is 3.87. The van der Waals surface area contributed by atoms with E-state index in [9.17, 15) is 4.79 Å². The van der Waals surface area contributed by atoms with Gasteiger partial charge in [0.1, 0.15) is 21.7 Å². The van der Waals surface area contributed by atoms with Gasteiger partial charge in [-0.25, -0.2) is 9.97 Å². The summed E-state index contributed by atoms with van der Waals surface area (Å²) in [6.45, 7) is 6.41. The van der Waals surface area contributed by atoms with Crippen LogP contribution in [0.4, 0.5) is 5.13 Å². The van der Waals surface area contributed by atoms with Crippen molar-refractivity contribution in [2.45, 2.75) is 13.8 Å². The lowest BCUT2D eigenvalue weighted by Crippen LogP contribution is -2.49. The van der Waals surface area contributed by atoms with E-state index in [1.165, 1.54) is 0 Å². The Hall–Kier alpha value is -2.48. The maximum Gasteiger partial charge on any atom is 0.259 e. The molecule has 1 saturated heterocycles. The van der Waals surface area contributed by atoms with E-state index >= 15 is 0 Å². The van der Waals surface area contributed by atoms with Gasteiger partial charge in [-0.05, 0) is 26.0 Å². The molecule has 24 heavy (non-hydrogen) atoms. The van der Waals surface area contributed by atoms with Crippen LogP contribution < -0.4 is 4.90 Å². The van der Waals surface area contributed by atoms with Crippen LogP contribution in [0.25, 0.3) is 10.3 Å². The Morgan fingerprint density at radius 3 is 2.71 bits per heavy atom. The van der Waals surface area contributed by atoms with Gasteiger partial charge >= 0.3 is 0 Å². The summed E-state index contributed by atoms with van der Waals surface area (Å²) in [5.41, 5.74) is 2.16. The molecular weight excluding hydrogens is 326 g/mol. The first-order chi connectivity index (χ1) is 11.6. The van der Waals surface area contributed by atoms with Crippen molar-refractivity contribution in [2.24, 2.45) is 0 Å². The van der Waals surface area contributed by atoms with Crippen molar-refractivity contribution in [3.05, 3.63) is 35.3 Å². The second-order valence-electron chi connectivity index (χ2n) is 5.80. The number of carbonyl (C=O) groups is 1. The first kappa shape index (κ1) is 15.1. The second-order valence-corrected chi connectivity index (χ2v) is 6.76. The van der Waals surface area contributed by atoms with E-state index < -0.39 is 0 Å². The third kappa shape index (κ3) is 2.52. The summed E-state index contributed by atoms with van der Waals surface area (Å²) in [5, 5.41) is 4.84. The molecule has 0 unspecified atom stereocenters. The van der Waals surface area contributed by atoms with Gasteiger partial charge in [0.15, 0.2) is 5.13 Å². The molecule has 4 heterocycles. The summed E-state index contributed by atoms with van der Waals surface area (Å²) in [6.07, 6.45) is 1.78. The zero-order chi connectivity index (χ0) is 16.7. The van der Waals surface area contributed by atoms with Crippen molar-refractivity contribution in [1.82, 2.24) is 20.0 Å². The number of hydrogen-bond donors (Lipinski definition) is 0. The predicted molar refractivity (Wildman–Crippen MR) is 91.5 cm³/mol. The molecule has 0 radical (unpaired) electrons. The Kier molecular flexibility index (Phi) is 3.68. The molecule has 4 rings (SSSR count). The molecule has 1 aliphatic rings. The van der Waals surface area contributed by atoms with Crippen LogP contribution in [0.3, 0.4) is 0 Å². The van der Waals surface area contributed by atoms with Gasteiger partial charge in [-0.15, -0.1) is 0 Å². The molecule has 3 aromatic rings. The second kappa shape index (κ2) is 5.86. The number of rotatable bonds is 2. The van der Waals surface area contributed by atoms with E-state index in [1.54, 1.807) is 31.4 Å². The summed E-state index contributed by atoms with van der Waals surface area (Å²) in [4.78, 5) is 26.7. The van der Waals surface area contributed by atoms with Gasteiger partial charge in [0, 0.05) is 32.4 Å². The lowest BCUT2D eigenvalue weighted by atomic mass is 10.1. The zero-order valence-corrected chi connectivity index (χ0v) is 14.3. The van der Waals surface area contributed by atoms with Crippen molar-refractivity contribution in [2.75, 3.05) is 31.1 Å². The van der Waals surface area contributed by atoms with Crippen molar-refractivity contribution in [1.29, 1.82) is 0 Å². The number of aryl methyl sites for hydroxylation is 2. The summed E-state index contributed by atoms with van der Waals surface area (Å²) < 4.78 is 5.11. The first-order valence-electron chi connectivity index (χ1n) is 7.82. The lowest BCUT2D eigenvalue weighted by molar-refractivity contribution is 0.0744. The van der Waals surface area contributed by atoms with E-state index in [2.05, 4.69) is 20.0 Å². The third-order valence-electron chi connectivity index (χ3n) is 4.24. The van der Waals surface area contributed by atoms with E-state index in [4.69, 9.17) is 4.52 Å². The summed E-state index contributed by atoms with van der Waals surface area (Å²) >= 11 is 1.59. The molecule has 3 aromatic heterocycles. The predicted octanol–water partition coefficient (Wildman–Crippen LogP) is 2.26. The topological polar surface area (TPSA) is 75.4 Å². The van der Waals surface area contributed by atoms with Crippen LogP contribution in [-0.4, -0.2) is 52.1 Å². The highest BCUT2D eigenvalue weighted by atomic mass is 32.1. The van der Waals surface area contributed by atoms with Gasteiger partial charge < -0.3 is 14.3 Å². The molecule has 0 saturated carbocycles. The van der Waals surface area contributed by atoms with Gasteiger partial charge in [0.05, 0.1) is 5.69 Å². The number of thiazole rings is 1. The molecule has 0 spiro atoms. The number of hydrogen-bond acceptors (Lipinski definition) is 7. The van der Waals surface area contributed by atoms with Crippen molar-refractivity contribution in [3.8, 4) is 0 Å². The molecule has 0 aliphatic carbocycles.